The summed E-state index contributed by atoms with van der Waals surface area (Å²) in [7, 11) is 3.99. The lowest BCUT2D eigenvalue weighted by Crippen LogP contribution is -2.18. The largest absolute Gasteiger partial charge is 0.127 e. The summed E-state index contributed by atoms with van der Waals surface area (Å²) in [5.41, 5.74) is 0. The molecule has 122 valence electrons. The van der Waals surface area contributed by atoms with Crippen molar-refractivity contribution in [2.45, 2.75) is 89.7 Å². The van der Waals surface area contributed by atoms with Crippen molar-refractivity contribution in [2.75, 3.05) is 12.1 Å². The van der Waals surface area contributed by atoms with Crippen LogP contribution in [0, 0.1) is 5.92 Å². The Labute approximate surface area is 141 Å². The third kappa shape index (κ3) is 11.6. The van der Waals surface area contributed by atoms with Crippen LogP contribution in [-0.4, -0.2) is 17.4 Å². The molecule has 0 spiro atoms. The molecule has 0 aromatic carbocycles. The number of alkyl halides is 1. The molecule has 3 heteroatoms. The third-order valence-electron chi connectivity index (χ3n) is 4.00. The van der Waals surface area contributed by atoms with E-state index in [2.05, 4.69) is 30.9 Å². The van der Waals surface area contributed by atoms with Crippen molar-refractivity contribution in [3.05, 3.63) is 0 Å². The Morgan fingerprint density at radius 1 is 0.800 bits per heavy atom. The lowest BCUT2D eigenvalue weighted by atomic mass is 9.90. The fourth-order valence-electron chi connectivity index (χ4n) is 2.78. The van der Waals surface area contributed by atoms with Gasteiger partial charge >= 0.3 is 0 Å². The summed E-state index contributed by atoms with van der Waals surface area (Å²) in [5, 5.41) is 0.769. The van der Waals surface area contributed by atoms with Crippen LogP contribution in [0.1, 0.15) is 84.5 Å². The van der Waals surface area contributed by atoms with E-state index in [9.17, 15) is 0 Å². The van der Waals surface area contributed by atoms with Crippen molar-refractivity contribution in [3.8, 4) is 0 Å². The predicted molar refractivity (Wildman–Crippen MR) is 101 cm³/mol. The van der Waals surface area contributed by atoms with E-state index in [0.717, 1.165) is 17.0 Å². The molecule has 0 amide bonds. The van der Waals surface area contributed by atoms with Crippen molar-refractivity contribution in [3.63, 3.8) is 0 Å². The van der Waals surface area contributed by atoms with Gasteiger partial charge in [0.25, 0.3) is 0 Å². The van der Waals surface area contributed by atoms with Crippen LogP contribution in [-0.2, 0) is 0 Å². The van der Waals surface area contributed by atoms with Gasteiger partial charge in [0, 0.05) is 11.1 Å². The Morgan fingerprint density at radius 3 is 1.75 bits per heavy atom. The first-order valence-electron chi connectivity index (χ1n) is 8.55. The summed E-state index contributed by atoms with van der Waals surface area (Å²) in [5.74, 6) is 1.71. The van der Waals surface area contributed by atoms with Gasteiger partial charge in [-0.1, -0.05) is 86.8 Å². The molecule has 0 aromatic rings. The van der Waals surface area contributed by atoms with Gasteiger partial charge in [-0.15, -0.1) is 11.6 Å². The van der Waals surface area contributed by atoms with Gasteiger partial charge in [0.2, 0.25) is 0 Å². The van der Waals surface area contributed by atoms with Gasteiger partial charge < -0.3 is 0 Å². The summed E-state index contributed by atoms with van der Waals surface area (Å²) in [6, 6.07) is 0. The maximum atomic E-state index is 6.02. The highest BCUT2D eigenvalue weighted by Crippen LogP contribution is 2.36. The molecule has 0 heterocycles. The van der Waals surface area contributed by atoms with Crippen LogP contribution in [0.5, 0.6) is 0 Å². The van der Waals surface area contributed by atoms with Gasteiger partial charge in [0.15, 0.2) is 0 Å². The molecule has 0 rings (SSSR count). The molecule has 0 fully saturated rings. The lowest BCUT2D eigenvalue weighted by Gasteiger charge is -2.26. The zero-order valence-corrected chi connectivity index (χ0v) is 16.2. The van der Waals surface area contributed by atoms with E-state index in [1.807, 2.05) is 10.8 Å². The molecule has 0 aliphatic heterocycles. The molecular formula is C17H35ClS2. The summed E-state index contributed by atoms with van der Waals surface area (Å²) < 4.78 is 0. The van der Waals surface area contributed by atoms with Crippen molar-refractivity contribution in [2.24, 2.45) is 5.92 Å². The van der Waals surface area contributed by atoms with Gasteiger partial charge in [-0.25, -0.2) is 0 Å². The highest BCUT2D eigenvalue weighted by atomic mass is 35.5. The SMILES string of the molecule is CCCCCCC(CCCCCC)C(CCCl)SSC. The van der Waals surface area contributed by atoms with Crippen molar-refractivity contribution in [1.82, 2.24) is 0 Å². The Kier molecular flexibility index (Phi) is 17.2. The second-order valence-corrected chi connectivity index (χ2v) is 8.82. The quantitative estimate of drug-likeness (QED) is 0.172. The third-order valence-corrected chi connectivity index (χ3v) is 6.59. The van der Waals surface area contributed by atoms with Gasteiger partial charge in [-0.05, 0) is 31.4 Å². The van der Waals surface area contributed by atoms with E-state index < -0.39 is 0 Å². The van der Waals surface area contributed by atoms with Crippen molar-refractivity contribution in [1.29, 1.82) is 0 Å². The summed E-state index contributed by atoms with van der Waals surface area (Å²) in [4.78, 5) is 0. The van der Waals surface area contributed by atoms with E-state index >= 15 is 0 Å². The van der Waals surface area contributed by atoms with Crippen LogP contribution in [0.3, 0.4) is 0 Å². The molecular weight excluding hydrogens is 304 g/mol. The van der Waals surface area contributed by atoms with Crippen molar-refractivity contribution >= 4 is 33.2 Å². The molecule has 0 N–H and O–H groups in total. The van der Waals surface area contributed by atoms with Gasteiger partial charge in [0.05, 0.1) is 0 Å². The second-order valence-electron chi connectivity index (χ2n) is 5.74. The molecule has 0 bridgehead atoms. The minimum atomic E-state index is 0.769. The fraction of sp³-hybridized carbons (Fsp3) is 1.00. The van der Waals surface area contributed by atoms with Crippen LogP contribution in [0.25, 0.3) is 0 Å². The van der Waals surface area contributed by atoms with Crippen molar-refractivity contribution < 1.29 is 0 Å². The second kappa shape index (κ2) is 16.4. The van der Waals surface area contributed by atoms with Gasteiger partial charge in [-0.2, -0.15) is 0 Å². The molecule has 0 aromatic heterocycles. The number of unbranched alkanes of at least 4 members (excludes halogenated alkanes) is 6. The maximum Gasteiger partial charge on any atom is 0.0234 e. The molecule has 0 nitrogen and oxygen atoms in total. The van der Waals surface area contributed by atoms with E-state index in [4.69, 9.17) is 11.6 Å². The molecule has 1 unspecified atom stereocenters. The number of hydrogen-bond acceptors (Lipinski definition) is 2. The smallest absolute Gasteiger partial charge is 0.0234 e. The van der Waals surface area contributed by atoms with Gasteiger partial charge in [-0.3, -0.25) is 0 Å². The summed E-state index contributed by atoms with van der Waals surface area (Å²) in [6.07, 6.45) is 17.4. The maximum absolute atomic E-state index is 6.02. The molecule has 1 atom stereocenters. The molecule has 0 aliphatic rings. The zero-order chi connectivity index (χ0) is 15.1. The van der Waals surface area contributed by atoms with Crippen LogP contribution in [0.4, 0.5) is 0 Å². The topological polar surface area (TPSA) is 0 Å². The average molecular weight is 339 g/mol. The normalized spacial score (nSPS) is 13.1. The Bertz CT molecular complexity index is 170. The highest BCUT2D eigenvalue weighted by molar-refractivity contribution is 8.76. The fourth-order valence-corrected chi connectivity index (χ4v) is 5.53. The Balaban J connectivity index is 4.17. The number of halogens is 1. The molecule has 0 saturated heterocycles. The van der Waals surface area contributed by atoms with E-state index in [0.29, 0.717) is 0 Å². The first-order chi connectivity index (χ1) is 9.79. The first kappa shape index (κ1) is 21.0. The molecule has 20 heavy (non-hydrogen) atoms. The van der Waals surface area contributed by atoms with Crippen LogP contribution in [0.2, 0.25) is 0 Å². The minimum absolute atomic E-state index is 0.769. The van der Waals surface area contributed by atoms with Crippen LogP contribution >= 0.6 is 33.2 Å². The number of rotatable bonds is 15. The van der Waals surface area contributed by atoms with E-state index in [1.165, 1.54) is 70.6 Å². The predicted octanol–water partition coefficient (Wildman–Crippen LogP) is 7.55. The van der Waals surface area contributed by atoms with E-state index in [1.54, 1.807) is 0 Å². The average Bonchev–Trinajstić information content (AvgIpc) is 2.45. The molecule has 0 saturated carbocycles. The van der Waals surface area contributed by atoms with Crippen LogP contribution in [0.15, 0.2) is 0 Å². The Morgan fingerprint density at radius 2 is 1.35 bits per heavy atom. The monoisotopic (exact) mass is 338 g/mol. The van der Waals surface area contributed by atoms with Gasteiger partial charge in [0.1, 0.15) is 0 Å². The summed E-state index contributed by atoms with van der Waals surface area (Å²) in [6.45, 7) is 4.59. The number of hydrogen-bond donors (Lipinski definition) is 0. The zero-order valence-electron chi connectivity index (χ0n) is 13.8. The minimum Gasteiger partial charge on any atom is -0.127 e. The molecule has 0 aliphatic carbocycles. The highest BCUT2D eigenvalue weighted by Gasteiger charge is 2.20. The molecule has 0 radical (unpaired) electrons. The first-order valence-corrected chi connectivity index (χ1v) is 11.7. The standard InChI is InChI=1S/C17H35ClS2/c1-4-6-8-10-12-16(13-11-9-7-5-2)17(14-15-18)20-19-3/h16-17H,4-15H2,1-3H3. The summed E-state index contributed by atoms with van der Waals surface area (Å²) >= 11 is 6.02. The Hall–Kier alpha value is 0.990. The lowest BCUT2D eigenvalue weighted by molar-refractivity contribution is 0.390. The van der Waals surface area contributed by atoms with E-state index in [-0.39, 0.29) is 0 Å². The van der Waals surface area contributed by atoms with Crippen LogP contribution < -0.4 is 0 Å².